The highest BCUT2D eigenvalue weighted by atomic mass is 19.2. The summed E-state index contributed by atoms with van der Waals surface area (Å²) in [5.41, 5.74) is 7.00. The number of nitrogens with zero attached hydrogens (tertiary/aromatic N) is 1. The molecule has 0 saturated carbocycles. The lowest BCUT2D eigenvalue weighted by Gasteiger charge is -2.36. The number of rotatable bonds is 9. The van der Waals surface area contributed by atoms with E-state index < -0.39 is 45.7 Å². The van der Waals surface area contributed by atoms with Crippen molar-refractivity contribution in [2.45, 2.75) is 10.8 Å². The molecule has 0 saturated heterocycles. The third-order valence-corrected chi connectivity index (χ3v) is 15.2. The van der Waals surface area contributed by atoms with Crippen molar-refractivity contribution < 1.29 is 30.8 Å². The van der Waals surface area contributed by atoms with Crippen LogP contribution in [0.2, 0.25) is 0 Å². The Bertz CT molecular complexity index is 3950. The van der Waals surface area contributed by atoms with Crippen LogP contribution in [0.25, 0.3) is 56.3 Å². The van der Waals surface area contributed by atoms with Gasteiger partial charge in [0, 0.05) is 45.4 Å². The maximum atomic E-state index is 17.0. The molecule has 1 heterocycles. The van der Waals surface area contributed by atoms with E-state index in [9.17, 15) is 0 Å². The third kappa shape index (κ3) is 6.27. The van der Waals surface area contributed by atoms with Crippen LogP contribution in [0.15, 0.2) is 218 Å². The monoisotopic (exact) mass is 975 g/mol. The first-order valence-electron chi connectivity index (χ1n) is 24.0. The minimum atomic E-state index is -1.61. The smallest absolute Gasteiger partial charge is 0.163 e. The molecule has 13 rings (SSSR count). The van der Waals surface area contributed by atoms with E-state index in [1.165, 1.54) is 0 Å². The molecule has 74 heavy (non-hydrogen) atoms. The fourth-order valence-electron chi connectivity index (χ4n) is 12.1. The Hall–Kier alpha value is -9.14. The molecule has 2 aliphatic rings. The van der Waals surface area contributed by atoms with Gasteiger partial charge in [0.15, 0.2) is 28.9 Å². The summed E-state index contributed by atoms with van der Waals surface area (Å²) in [6.45, 7) is 7.87. The molecular formula is C66H39F6NO. The average molecular weight is 976 g/mol. The minimum absolute atomic E-state index is 0.220. The Kier molecular flexibility index (Phi) is 10.1. The van der Waals surface area contributed by atoms with Crippen LogP contribution in [0.5, 0.6) is 0 Å². The SMILES string of the molecule is C=Cc1ccc(C2(c3cc(F)cc(F)c3F)c3ccccc3-c3ccc(N(c4ccc5c(c4)C(c4ccc(C=C)cc4)(c4cc(F)cc(F)c4F)c4ccccc4-5)c4cccc5c4oc4ccccc45)cc32)cc1. The van der Waals surface area contributed by atoms with Crippen molar-refractivity contribution in [3.8, 4) is 22.3 Å². The minimum Gasteiger partial charge on any atom is -0.454 e. The van der Waals surface area contributed by atoms with E-state index in [0.717, 1.165) is 45.2 Å². The van der Waals surface area contributed by atoms with Crippen molar-refractivity contribution in [2.75, 3.05) is 4.90 Å². The lowest BCUT2D eigenvalue weighted by Crippen LogP contribution is -2.31. The fraction of sp³-hybridized carbons (Fsp3) is 0.0303. The fourth-order valence-corrected chi connectivity index (χ4v) is 12.1. The zero-order chi connectivity index (χ0) is 50.6. The van der Waals surface area contributed by atoms with Crippen LogP contribution in [-0.2, 0) is 10.8 Å². The molecular weight excluding hydrogens is 937 g/mol. The molecule has 2 atom stereocenters. The molecule has 2 nitrogen and oxygen atoms in total. The lowest BCUT2D eigenvalue weighted by molar-refractivity contribution is 0.474. The van der Waals surface area contributed by atoms with E-state index in [-0.39, 0.29) is 11.1 Å². The van der Waals surface area contributed by atoms with Gasteiger partial charge in [-0.2, -0.15) is 0 Å². The van der Waals surface area contributed by atoms with E-state index in [2.05, 4.69) is 13.2 Å². The first kappa shape index (κ1) is 44.8. The van der Waals surface area contributed by atoms with E-state index in [1.807, 2.05) is 181 Å². The maximum absolute atomic E-state index is 17.0. The third-order valence-electron chi connectivity index (χ3n) is 15.2. The highest BCUT2D eigenvalue weighted by Crippen LogP contribution is 2.61. The van der Waals surface area contributed by atoms with Gasteiger partial charge >= 0.3 is 0 Å². The molecule has 0 N–H and O–H groups in total. The molecule has 2 unspecified atom stereocenters. The van der Waals surface area contributed by atoms with Crippen LogP contribution in [0.1, 0.15) is 55.6 Å². The Morgan fingerprint density at radius 2 is 0.838 bits per heavy atom. The molecule has 0 amide bonds. The summed E-state index contributed by atoms with van der Waals surface area (Å²) in [7, 11) is 0. The number of hydrogen-bond acceptors (Lipinski definition) is 2. The predicted molar refractivity (Wildman–Crippen MR) is 283 cm³/mol. The normalized spacial score (nSPS) is 16.2. The quantitative estimate of drug-likeness (QED) is 0.106. The van der Waals surface area contributed by atoms with Gasteiger partial charge in [-0.25, -0.2) is 26.3 Å². The molecule has 1 aromatic heterocycles. The van der Waals surface area contributed by atoms with Gasteiger partial charge in [-0.15, -0.1) is 0 Å². The summed E-state index contributed by atoms with van der Waals surface area (Å²) >= 11 is 0. The van der Waals surface area contributed by atoms with Gasteiger partial charge in [-0.05, 0) is 115 Å². The largest absolute Gasteiger partial charge is 0.454 e. The first-order chi connectivity index (χ1) is 36.1. The molecule has 0 aliphatic heterocycles. The zero-order valence-electron chi connectivity index (χ0n) is 39.2. The molecule has 8 heteroatoms. The Morgan fingerprint density at radius 3 is 1.34 bits per heavy atom. The van der Waals surface area contributed by atoms with Crippen molar-refractivity contribution in [3.63, 3.8) is 0 Å². The van der Waals surface area contributed by atoms with Crippen LogP contribution < -0.4 is 4.90 Å². The number of benzene rings is 10. The van der Waals surface area contributed by atoms with Gasteiger partial charge in [-0.3, -0.25) is 0 Å². The zero-order valence-corrected chi connectivity index (χ0v) is 39.2. The van der Waals surface area contributed by atoms with Crippen LogP contribution in [0, 0.1) is 34.9 Å². The number of anilines is 3. The summed E-state index contributed by atoms with van der Waals surface area (Å²) in [6.07, 6.45) is 3.37. The van der Waals surface area contributed by atoms with Crippen molar-refractivity contribution >= 4 is 51.2 Å². The topological polar surface area (TPSA) is 16.4 Å². The second kappa shape index (κ2) is 16.7. The average Bonchev–Trinajstić information content (AvgIpc) is 4.08. The van der Waals surface area contributed by atoms with Crippen LogP contribution >= 0.6 is 0 Å². The summed E-state index contributed by atoms with van der Waals surface area (Å²) < 4.78 is 104. The van der Waals surface area contributed by atoms with E-state index >= 15 is 26.3 Å². The number of para-hydroxylation sites is 2. The summed E-state index contributed by atoms with van der Waals surface area (Å²) in [5, 5.41) is 1.68. The summed E-state index contributed by atoms with van der Waals surface area (Å²) in [6, 6.07) is 57.9. The van der Waals surface area contributed by atoms with Crippen molar-refractivity contribution in [1.29, 1.82) is 0 Å². The Balaban J connectivity index is 1.15. The molecule has 2 aliphatic carbocycles. The second-order valence-corrected chi connectivity index (χ2v) is 18.8. The number of fused-ring (bicyclic) bond motifs is 9. The molecule has 0 fully saturated rings. The van der Waals surface area contributed by atoms with Gasteiger partial charge in [0.25, 0.3) is 0 Å². The highest BCUT2D eigenvalue weighted by molar-refractivity contribution is 6.10. The molecule has 0 spiro atoms. The summed E-state index contributed by atoms with van der Waals surface area (Å²) in [4.78, 5) is 1.99. The summed E-state index contributed by atoms with van der Waals surface area (Å²) in [5.74, 6) is -6.96. The predicted octanol–water partition coefficient (Wildman–Crippen LogP) is 17.9. The van der Waals surface area contributed by atoms with Crippen molar-refractivity contribution in [1.82, 2.24) is 0 Å². The second-order valence-electron chi connectivity index (χ2n) is 18.8. The lowest BCUT2D eigenvalue weighted by atomic mass is 9.67. The Labute approximate surface area is 422 Å². The van der Waals surface area contributed by atoms with Crippen LogP contribution in [-0.4, -0.2) is 0 Å². The molecule has 356 valence electrons. The van der Waals surface area contributed by atoms with Crippen molar-refractivity contribution in [3.05, 3.63) is 304 Å². The number of furan rings is 1. The molecule has 0 radical (unpaired) electrons. The first-order valence-corrected chi connectivity index (χ1v) is 24.0. The Morgan fingerprint density at radius 1 is 0.392 bits per heavy atom. The van der Waals surface area contributed by atoms with Crippen molar-refractivity contribution in [2.24, 2.45) is 0 Å². The van der Waals surface area contributed by atoms with Gasteiger partial charge in [0.05, 0.1) is 16.5 Å². The van der Waals surface area contributed by atoms with Gasteiger partial charge in [0.1, 0.15) is 17.2 Å². The standard InChI is InChI=1S/C66H39F6NO/c1-3-38-20-24-40(25-21-38)65(56-32-42(67)34-58(69)62(56)71)52-16-8-5-12-46(52)48-30-28-44(36-54(48)65)73(60-18-11-15-51-50-14-7-10-19-61(50)74-64(51)60)45-29-31-49-47-13-6-9-17-53(47)66(55(49)37-45,41-26-22-39(4-2)23-27-41)57-33-43(68)35-59(70)63(57)72/h3-37H,1-2H2. The van der Waals surface area contributed by atoms with Crippen LogP contribution in [0.3, 0.4) is 0 Å². The van der Waals surface area contributed by atoms with Gasteiger partial charge in [-0.1, -0.05) is 165 Å². The number of halogens is 6. The van der Waals surface area contributed by atoms with Gasteiger partial charge in [0.2, 0.25) is 0 Å². The number of hydrogen-bond donors (Lipinski definition) is 0. The van der Waals surface area contributed by atoms with E-state index in [1.54, 1.807) is 12.2 Å². The van der Waals surface area contributed by atoms with Gasteiger partial charge < -0.3 is 9.32 Å². The molecule has 11 aromatic rings. The van der Waals surface area contributed by atoms with E-state index in [4.69, 9.17) is 4.42 Å². The van der Waals surface area contributed by atoms with Crippen LogP contribution in [0.4, 0.5) is 43.4 Å². The highest BCUT2D eigenvalue weighted by Gasteiger charge is 2.51. The van der Waals surface area contributed by atoms with E-state index in [0.29, 0.717) is 84.9 Å². The molecule has 0 bridgehead atoms. The maximum Gasteiger partial charge on any atom is 0.163 e. The molecule has 10 aromatic carbocycles.